The van der Waals surface area contributed by atoms with E-state index in [2.05, 4.69) is 66.0 Å². The van der Waals surface area contributed by atoms with Crippen molar-refractivity contribution in [3.05, 3.63) is 70.8 Å². The quantitative estimate of drug-likeness (QED) is 0.484. The van der Waals surface area contributed by atoms with Crippen molar-refractivity contribution in [1.29, 1.82) is 0 Å². The molecule has 0 bridgehead atoms. The van der Waals surface area contributed by atoms with Gasteiger partial charge in [-0.15, -0.1) is 0 Å². The van der Waals surface area contributed by atoms with Crippen LogP contribution in [0.3, 0.4) is 0 Å². The summed E-state index contributed by atoms with van der Waals surface area (Å²) >= 11 is 0. The van der Waals surface area contributed by atoms with Crippen LogP contribution in [0.15, 0.2) is 53.5 Å². The van der Waals surface area contributed by atoms with Gasteiger partial charge in [0.25, 0.3) is 5.91 Å². The van der Waals surface area contributed by atoms with E-state index in [1.807, 2.05) is 31.2 Å². The Morgan fingerprint density at radius 3 is 2.36 bits per heavy atom. The second-order valence-corrected chi connectivity index (χ2v) is 6.95. The summed E-state index contributed by atoms with van der Waals surface area (Å²) in [5.41, 5.74) is 4.34. The standard InChI is InChI=1S/C23H32N4O/c1-5-24-22(28)20-12-10-19(11-13-20)16-27-23(25-6-2)26-15-18(4)21-9-7-8-17(3)14-21/h7-14,18H,5-6,15-16H2,1-4H3,(H,24,28)(H2,25,26,27). The Kier molecular flexibility index (Phi) is 8.53. The van der Waals surface area contributed by atoms with Gasteiger partial charge in [0.15, 0.2) is 5.96 Å². The number of hydrogen-bond acceptors (Lipinski definition) is 2. The van der Waals surface area contributed by atoms with E-state index in [0.29, 0.717) is 24.6 Å². The van der Waals surface area contributed by atoms with Crippen molar-refractivity contribution in [2.45, 2.75) is 40.2 Å². The molecule has 2 rings (SSSR count). The Bertz CT molecular complexity index is 783. The highest BCUT2D eigenvalue weighted by Crippen LogP contribution is 2.15. The van der Waals surface area contributed by atoms with Crippen molar-refractivity contribution >= 4 is 11.9 Å². The lowest BCUT2D eigenvalue weighted by molar-refractivity contribution is 0.0956. The van der Waals surface area contributed by atoms with Crippen LogP contribution in [0.2, 0.25) is 0 Å². The predicted octanol–water partition coefficient (Wildman–Crippen LogP) is 3.60. The van der Waals surface area contributed by atoms with Gasteiger partial charge in [-0.3, -0.25) is 4.79 Å². The van der Waals surface area contributed by atoms with Gasteiger partial charge in [0, 0.05) is 25.2 Å². The predicted molar refractivity (Wildman–Crippen MR) is 117 cm³/mol. The second-order valence-electron chi connectivity index (χ2n) is 6.95. The van der Waals surface area contributed by atoms with Gasteiger partial charge in [-0.05, 0) is 49.9 Å². The highest BCUT2D eigenvalue weighted by atomic mass is 16.1. The second kappa shape index (κ2) is 11.1. The summed E-state index contributed by atoms with van der Waals surface area (Å²) < 4.78 is 0. The molecule has 0 spiro atoms. The highest BCUT2D eigenvalue weighted by molar-refractivity contribution is 5.94. The molecule has 150 valence electrons. The molecule has 0 aliphatic carbocycles. The van der Waals surface area contributed by atoms with E-state index in [9.17, 15) is 4.79 Å². The zero-order chi connectivity index (χ0) is 20.4. The highest BCUT2D eigenvalue weighted by Gasteiger charge is 2.07. The number of amides is 1. The molecule has 0 heterocycles. The summed E-state index contributed by atoms with van der Waals surface area (Å²) in [6.45, 7) is 11.1. The van der Waals surface area contributed by atoms with Crippen molar-refractivity contribution in [1.82, 2.24) is 16.0 Å². The van der Waals surface area contributed by atoms with Crippen molar-refractivity contribution < 1.29 is 4.79 Å². The van der Waals surface area contributed by atoms with Gasteiger partial charge >= 0.3 is 0 Å². The minimum absolute atomic E-state index is 0.0438. The van der Waals surface area contributed by atoms with Gasteiger partial charge in [-0.2, -0.15) is 0 Å². The maximum Gasteiger partial charge on any atom is 0.251 e. The molecule has 1 amide bonds. The molecule has 0 aromatic heterocycles. The van der Waals surface area contributed by atoms with Crippen LogP contribution in [-0.2, 0) is 6.54 Å². The minimum Gasteiger partial charge on any atom is -0.357 e. The van der Waals surface area contributed by atoms with Gasteiger partial charge in [-0.25, -0.2) is 4.99 Å². The molecular formula is C23H32N4O. The maximum absolute atomic E-state index is 11.8. The molecule has 0 aliphatic rings. The minimum atomic E-state index is -0.0438. The number of aryl methyl sites for hydroxylation is 1. The fourth-order valence-electron chi connectivity index (χ4n) is 2.88. The van der Waals surface area contributed by atoms with Crippen molar-refractivity contribution in [2.75, 3.05) is 19.6 Å². The maximum atomic E-state index is 11.8. The van der Waals surface area contributed by atoms with Gasteiger partial charge in [0.1, 0.15) is 0 Å². The molecule has 5 heteroatoms. The first-order valence-corrected chi connectivity index (χ1v) is 9.99. The lowest BCUT2D eigenvalue weighted by Crippen LogP contribution is -2.39. The summed E-state index contributed by atoms with van der Waals surface area (Å²) in [5, 5.41) is 9.53. The molecule has 1 unspecified atom stereocenters. The number of hydrogen-bond donors (Lipinski definition) is 3. The summed E-state index contributed by atoms with van der Waals surface area (Å²) in [4.78, 5) is 16.5. The summed E-state index contributed by atoms with van der Waals surface area (Å²) in [5.74, 6) is 1.15. The van der Waals surface area contributed by atoms with Crippen LogP contribution in [0.1, 0.15) is 53.7 Å². The first-order chi connectivity index (χ1) is 13.5. The van der Waals surface area contributed by atoms with Gasteiger partial charge < -0.3 is 16.0 Å². The lowest BCUT2D eigenvalue weighted by Gasteiger charge is -2.16. The van der Waals surface area contributed by atoms with E-state index in [1.165, 1.54) is 11.1 Å². The number of carbonyl (C=O) groups is 1. The van der Waals surface area contributed by atoms with Gasteiger partial charge in [-0.1, -0.05) is 48.9 Å². The van der Waals surface area contributed by atoms with E-state index < -0.39 is 0 Å². The zero-order valence-corrected chi connectivity index (χ0v) is 17.4. The monoisotopic (exact) mass is 380 g/mol. The SMILES string of the molecule is CCNC(=O)c1ccc(CN=C(NCC)NCC(C)c2cccc(C)c2)cc1. The topological polar surface area (TPSA) is 65.5 Å². The summed E-state index contributed by atoms with van der Waals surface area (Å²) in [7, 11) is 0. The largest absolute Gasteiger partial charge is 0.357 e. The Balaban J connectivity index is 1.95. The van der Waals surface area contributed by atoms with Crippen LogP contribution in [0.4, 0.5) is 0 Å². The van der Waals surface area contributed by atoms with Crippen LogP contribution >= 0.6 is 0 Å². The first kappa shape index (κ1) is 21.5. The fourth-order valence-corrected chi connectivity index (χ4v) is 2.88. The number of nitrogens with zero attached hydrogens (tertiary/aromatic N) is 1. The number of nitrogens with one attached hydrogen (secondary N) is 3. The van der Waals surface area contributed by atoms with Crippen LogP contribution in [-0.4, -0.2) is 31.5 Å². The van der Waals surface area contributed by atoms with Crippen molar-refractivity contribution in [3.8, 4) is 0 Å². The van der Waals surface area contributed by atoms with Crippen LogP contribution in [0, 0.1) is 6.92 Å². The zero-order valence-electron chi connectivity index (χ0n) is 17.4. The molecule has 0 radical (unpaired) electrons. The molecule has 0 saturated carbocycles. The normalized spacial score (nSPS) is 12.4. The first-order valence-electron chi connectivity index (χ1n) is 9.99. The Labute approximate surface area is 168 Å². The Morgan fingerprint density at radius 2 is 1.71 bits per heavy atom. The van der Waals surface area contributed by atoms with Crippen LogP contribution in [0.25, 0.3) is 0 Å². The third-order valence-electron chi connectivity index (χ3n) is 4.50. The van der Waals surface area contributed by atoms with Crippen molar-refractivity contribution in [2.24, 2.45) is 4.99 Å². The molecule has 2 aromatic carbocycles. The summed E-state index contributed by atoms with van der Waals surface area (Å²) in [6, 6.07) is 16.2. The molecule has 1 atom stereocenters. The number of benzene rings is 2. The average molecular weight is 381 g/mol. The molecule has 2 aromatic rings. The Hall–Kier alpha value is -2.82. The van der Waals surface area contributed by atoms with Gasteiger partial charge in [0.05, 0.1) is 6.54 Å². The number of carbonyl (C=O) groups excluding carboxylic acids is 1. The molecule has 3 N–H and O–H groups in total. The molecule has 0 saturated heterocycles. The summed E-state index contributed by atoms with van der Waals surface area (Å²) in [6.07, 6.45) is 0. The van der Waals surface area contributed by atoms with E-state index in [0.717, 1.165) is 24.6 Å². The smallest absolute Gasteiger partial charge is 0.251 e. The third kappa shape index (κ3) is 6.72. The van der Waals surface area contributed by atoms with E-state index in [-0.39, 0.29) is 5.91 Å². The van der Waals surface area contributed by atoms with Crippen LogP contribution < -0.4 is 16.0 Å². The van der Waals surface area contributed by atoms with E-state index >= 15 is 0 Å². The fraction of sp³-hybridized carbons (Fsp3) is 0.391. The molecular weight excluding hydrogens is 348 g/mol. The number of rotatable bonds is 8. The third-order valence-corrected chi connectivity index (χ3v) is 4.50. The van der Waals surface area contributed by atoms with Crippen molar-refractivity contribution in [3.63, 3.8) is 0 Å². The molecule has 5 nitrogen and oxygen atoms in total. The molecule has 0 fully saturated rings. The molecule has 0 aliphatic heterocycles. The van der Waals surface area contributed by atoms with E-state index in [1.54, 1.807) is 0 Å². The van der Waals surface area contributed by atoms with E-state index in [4.69, 9.17) is 0 Å². The lowest BCUT2D eigenvalue weighted by atomic mass is 9.99. The van der Waals surface area contributed by atoms with Gasteiger partial charge in [0.2, 0.25) is 0 Å². The number of aliphatic imine (C=N–C) groups is 1. The molecule has 28 heavy (non-hydrogen) atoms. The number of guanidine groups is 1. The Morgan fingerprint density at radius 1 is 1.00 bits per heavy atom. The van der Waals surface area contributed by atoms with Crippen LogP contribution in [0.5, 0.6) is 0 Å². The average Bonchev–Trinajstić information content (AvgIpc) is 2.70.